The summed E-state index contributed by atoms with van der Waals surface area (Å²) in [6.45, 7) is 1.32. The summed E-state index contributed by atoms with van der Waals surface area (Å²) in [6, 6.07) is 0. The molecule has 0 spiro atoms. The molecule has 1 N–H and O–H groups in total. The van der Waals surface area contributed by atoms with Crippen molar-refractivity contribution in [3.63, 3.8) is 0 Å². The first-order chi connectivity index (χ1) is 1.41. The van der Waals surface area contributed by atoms with Gasteiger partial charge in [-0.2, -0.15) is 6.92 Å². The number of hydrogen-bond donors (Lipinski definition) is 0. The van der Waals surface area contributed by atoms with Crippen LogP contribution in [-0.2, 0) is 4.79 Å². The van der Waals surface area contributed by atoms with Crippen molar-refractivity contribution >= 4 is 6.29 Å². The van der Waals surface area contributed by atoms with Crippen molar-refractivity contribution in [2.45, 2.75) is 6.92 Å². The molecule has 0 aromatic rings. The Hall–Kier alpha value is 1.68. The van der Waals surface area contributed by atoms with Crippen molar-refractivity contribution in [2.24, 2.45) is 0 Å². The van der Waals surface area contributed by atoms with Crippen LogP contribution in [0.1, 0.15) is 6.92 Å². The molecule has 0 aliphatic rings. The van der Waals surface area contributed by atoms with Crippen molar-refractivity contribution < 1.29 is 79.2 Å². The molecular weight excluding hydrogens is 189 g/mol. The van der Waals surface area contributed by atoms with E-state index in [1.54, 1.807) is 0 Å². The molecular formula is C2H4CsO2-. The molecule has 5 heavy (non-hydrogen) atoms. The van der Waals surface area contributed by atoms with Gasteiger partial charge >= 0.3 is 68.9 Å². The number of rotatable bonds is 0. The second-order valence-corrected chi connectivity index (χ2v) is 0.204. The topological polar surface area (TPSA) is 47.1 Å². The van der Waals surface area contributed by atoms with Crippen LogP contribution in [0, 0.1) is 0 Å². The molecule has 26 valence electrons. The van der Waals surface area contributed by atoms with Crippen LogP contribution >= 0.6 is 0 Å². The molecule has 3 heteroatoms. The molecule has 0 amide bonds. The molecule has 0 radical (unpaired) electrons. The van der Waals surface area contributed by atoms with Gasteiger partial charge in [-0.05, 0) is 0 Å². The van der Waals surface area contributed by atoms with Gasteiger partial charge in [-0.1, -0.05) is 0 Å². The molecule has 2 nitrogen and oxygen atoms in total. The molecule has 0 bridgehead atoms. The van der Waals surface area contributed by atoms with Gasteiger partial charge in [0.2, 0.25) is 0 Å². The van der Waals surface area contributed by atoms with Gasteiger partial charge in [-0.3, -0.25) is 6.29 Å². The summed E-state index contributed by atoms with van der Waals surface area (Å²) in [6.07, 6.45) is 1.50. The van der Waals surface area contributed by atoms with E-state index in [2.05, 4.69) is 0 Å². The van der Waals surface area contributed by atoms with Crippen LogP contribution in [0.5, 0.6) is 0 Å². The van der Waals surface area contributed by atoms with Gasteiger partial charge in [0.05, 0.1) is 0 Å². The van der Waals surface area contributed by atoms with Gasteiger partial charge in [0.25, 0.3) is 0 Å². The maximum Gasteiger partial charge on any atom is 1.00 e. The zero-order valence-electron chi connectivity index (χ0n) is 3.36. The Morgan fingerprint density at radius 2 is 1.60 bits per heavy atom. The minimum absolute atomic E-state index is 0. The van der Waals surface area contributed by atoms with E-state index in [-0.39, 0.29) is 74.4 Å². The van der Waals surface area contributed by atoms with Crippen molar-refractivity contribution in [3.05, 3.63) is 0 Å². The second kappa shape index (κ2) is 17.3. The smallest absolute Gasteiger partial charge is 0.870 e. The fourth-order valence-electron chi connectivity index (χ4n) is 0. The van der Waals surface area contributed by atoms with Crippen molar-refractivity contribution in [1.29, 1.82) is 0 Å². The van der Waals surface area contributed by atoms with Crippen LogP contribution < -0.4 is 68.9 Å². The van der Waals surface area contributed by atoms with Crippen LogP contribution in [0.25, 0.3) is 0 Å². The summed E-state index contributed by atoms with van der Waals surface area (Å²) in [5.74, 6) is 0. The standard InChI is InChI=1S/C2H3O.Cs.H2O/c1-2-3;;/h1H3;;1H2/q-1;+1;/p-1. The first-order valence-electron chi connectivity index (χ1n) is 0.704. The summed E-state index contributed by atoms with van der Waals surface area (Å²) in [7, 11) is 0. The third-order valence-electron chi connectivity index (χ3n) is 0. The van der Waals surface area contributed by atoms with E-state index < -0.39 is 0 Å². The van der Waals surface area contributed by atoms with E-state index in [0.717, 1.165) is 0 Å². The molecule has 0 saturated heterocycles. The molecule has 0 fully saturated rings. The molecule has 0 aromatic carbocycles. The van der Waals surface area contributed by atoms with Crippen LogP contribution in [0.4, 0.5) is 0 Å². The van der Waals surface area contributed by atoms with Crippen LogP contribution in [0.15, 0.2) is 0 Å². The summed E-state index contributed by atoms with van der Waals surface area (Å²) in [5.41, 5.74) is 0. The minimum atomic E-state index is 0. The average molecular weight is 193 g/mol. The first kappa shape index (κ1) is 15.9. The Balaban J connectivity index is -0.0000000200. The largest absolute Gasteiger partial charge is 1.00 e. The molecule has 0 unspecified atom stereocenters. The summed E-state index contributed by atoms with van der Waals surface area (Å²) < 4.78 is 0. The Labute approximate surface area is 90.1 Å². The van der Waals surface area contributed by atoms with Gasteiger partial charge in [0.1, 0.15) is 0 Å². The molecule has 0 heterocycles. The average Bonchev–Trinajstić information content (AvgIpc) is 0.918. The second-order valence-electron chi connectivity index (χ2n) is 0.204. The van der Waals surface area contributed by atoms with Crippen LogP contribution in [0.2, 0.25) is 0 Å². The van der Waals surface area contributed by atoms with Crippen molar-refractivity contribution in [1.82, 2.24) is 0 Å². The van der Waals surface area contributed by atoms with E-state index in [1.807, 2.05) is 0 Å². The molecule has 0 saturated carbocycles. The molecule has 0 aliphatic heterocycles. The quantitative estimate of drug-likeness (QED) is 0.383. The summed E-state index contributed by atoms with van der Waals surface area (Å²) in [4.78, 5) is 8.68. The maximum atomic E-state index is 8.68. The Morgan fingerprint density at radius 1 is 1.60 bits per heavy atom. The Morgan fingerprint density at radius 3 is 1.60 bits per heavy atom. The Bertz CT molecular complexity index is 15.1. The fraction of sp³-hybridized carbons (Fsp3) is 0.500. The van der Waals surface area contributed by atoms with Crippen LogP contribution in [-0.4, -0.2) is 11.8 Å². The minimum Gasteiger partial charge on any atom is -0.870 e. The van der Waals surface area contributed by atoms with E-state index >= 15 is 0 Å². The van der Waals surface area contributed by atoms with Crippen LogP contribution in [0.3, 0.4) is 0 Å². The van der Waals surface area contributed by atoms with Crippen molar-refractivity contribution in [2.75, 3.05) is 0 Å². The molecule has 0 aliphatic carbocycles. The fourth-order valence-corrected chi connectivity index (χ4v) is 0. The summed E-state index contributed by atoms with van der Waals surface area (Å²) >= 11 is 0. The summed E-state index contributed by atoms with van der Waals surface area (Å²) in [5, 5.41) is 0. The SMILES string of the molecule is C[C-]=O.[Cs+].[OH-]. The van der Waals surface area contributed by atoms with Gasteiger partial charge in [-0.15, -0.1) is 0 Å². The maximum absolute atomic E-state index is 8.68. The predicted octanol–water partition coefficient (Wildman–Crippen LogP) is -3.06. The predicted molar refractivity (Wildman–Crippen MR) is 13.3 cm³/mol. The van der Waals surface area contributed by atoms with E-state index in [9.17, 15) is 0 Å². The first-order valence-corrected chi connectivity index (χ1v) is 0.704. The van der Waals surface area contributed by atoms with E-state index in [1.165, 1.54) is 13.2 Å². The normalized spacial score (nSPS) is 2.60. The van der Waals surface area contributed by atoms with Gasteiger partial charge in [0.15, 0.2) is 0 Å². The zero-order chi connectivity index (χ0) is 2.71. The van der Waals surface area contributed by atoms with E-state index in [4.69, 9.17) is 4.79 Å². The van der Waals surface area contributed by atoms with E-state index in [0.29, 0.717) is 0 Å². The van der Waals surface area contributed by atoms with Gasteiger partial charge in [-0.25, -0.2) is 0 Å². The third-order valence-corrected chi connectivity index (χ3v) is 0. The van der Waals surface area contributed by atoms with Gasteiger partial charge < -0.3 is 10.3 Å². The van der Waals surface area contributed by atoms with Gasteiger partial charge in [0, 0.05) is 0 Å². The molecule has 0 aromatic heterocycles. The number of carbonyl (C=O) groups excluding carboxylic acids is 1. The molecule has 0 atom stereocenters. The zero-order valence-corrected chi connectivity index (χ0v) is 9.64. The van der Waals surface area contributed by atoms with Crippen molar-refractivity contribution in [3.8, 4) is 0 Å². The number of hydrogen-bond acceptors (Lipinski definition) is 2. The monoisotopic (exact) mass is 193 g/mol. The third kappa shape index (κ3) is 27.2. The Kier molecular flexibility index (Phi) is 55.1. The molecule has 0 rings (SSSR count).